The molecule has 0 aliphatic heterocycles. The predicted molar refractivity (Wildman–Crippen MR) is 120 cm³/mol. The number of benzene rings is 2. The minimum atomic E-state index is -3.80. The summed E-state index contributed by atoms with van der Waals surface area (Å²) in [4.78, 5) is 0.0644. The number of hydrogen-bond acceptors (Lipinski definition) is 5. The molecule has 0 radical (unpaired) electrons. The van der Waals surface area contributed by atoms with Crippen molar-refractivity contribution in [3.8, 4) is 11.5 Å². The monoisotopic (exact) mass is 435 g/mol. The Bertz CT molecular complexity index is 974. The summed E-state index contributed by atoms with van der Waals surface area (Å²) in [7, 11) is -2.34. The molecule has 0 fully saturated rings. The van der Waals surface area contributed by atoms with Crippen molar-refractivity contribution >= 4 is 38.7 Å². The average Bonchev–Trinajstić information content (AvgIpc) is 2.68. The zero-order valence-corrected chi connectivity index (χ0v) is 18.2. The second kappa shape index (κ2) is 10.1. The lowest BCUT2D eigenvalue weighted by atomic mass is 10.3. The van der Waals surface area contributed by atoms with E-state index in [1.807, 2.05) is 13.8 Å². The van der Waals surface area contributed by atoms with Crippen LogP contribution in [0.3, 0.4) is 0 Å². The zero-order chi connectivity index (χ0) is 21.4. The first-order valence-electron chi connectivity index (χ1n) is 8.88. The van der Waals surface area contributed by atoms with Crippen molar-refractivity contribution in [3.05, 3.63) is 54.6 Å². The van der Waals surface area contributed by atoms with Crippen LogP contribution in [0.25, 0.3) is 0 Å². The van der Waals surface area contributed by atoms with Gasteiger partial charge in [0.25, 0.3) is 10.0 Å². The quantitative estimate of drug-likeness (QED) is 0.408. The molecule has 0 bridgehead atoms. The summed E-state index contributed by atoms with van der Waals surface area (Å²) in [5.41, 5.74) is 1.91. The molecule has 0 saturated heterocycles. The molecule has 0 saturated carbocycles. The van der Waals surface area contributed by atoms with E-state index in [0.717, 1.165) is 5.57 Å². The number of rotatable bonds is 9. The standard InChI is InChI=1S/C20H25N3O4S2/c1-5-27-16-8-6-15(7-9-16)23-29(24,25)17-10-11-18(19(12-17)26-4)22-20(28)21-13-14(2)3/h6-12,23H,2,5,13H2,1,3-4H3,(H2,21,22,28). The lowest BCUT2D eigenvalue weighted by molar-refractivity contribution is 0.340. The van der Waals surface area contributed by atoms with E-state index in [1.165, 1.54) is 19.2 Å². The molecule has 29 heavy (non-hydrogen) atoms. The van der Waals surface area contributed by atoms with Crippen LogP contribution < -0.4 is 24.8 Å². The number of methoxy groups -OCH3 is 1. The SMILES string of the molecule is C=C(C)CNC(=S)Nc1ccc(S(=O)(=O)Nc2ccc(OCC)cc2)cc1OC. The van der Waals surface area contributed by atoms with E-state index in [1.54, 1.807) is 30.3 Å². The van der Waals surface area contributed by atoms with Crippen LogP contribution in [0.1, 0.15) is 13.8 Å². The molecule has 0 aliphatic rings. The third-order valence-electron chi connectivity index (χ3n) is 3.70. The van der Waals surface area contributed by atoms with Crippen LogP contribution in [0.15, 0.2) is 59.5 Å². The van der Waals surface area contributed by atoms with E-state index in [-0.39, 0.29) is 4.90 Å². The van der Waals surface area contributed by atoms with E-state index >= 15 is 0 Å². The second-order valence-electron chi connectivity index (χ2n) is 6.19. The van der Waals surface area contributed by atoms with E-state index in [2.05, 4.69) is 21.9 Å². The Labute approximate surface area is 177 Å². The van der Waals surface area contributed by atoms with E-state index < -0.39 is 10.0 Å². The minimum absolute atomic E-state index is 0.0644. The third-order valence-corrected chi connectivity index (χ3v) is 5.33. The maximum Gasteiger partial charge on any atom is 0.262 e. The number of nitrogens with one attached hydrogen (secondary N) is 3. The van der Waals surface area contributed by atoms with Crippen LogP contribution in [0.2, 0.25) is 0 Å². The van der Waals surface area contributed by atoms with Gasteiger partial charge < -0.3 is 20.1 Å². The molecule has 2 aromatic carbocycles. The van der Waals surface area contributed by atoms with Gasteiger partial charge >= 0.3 is 0 Å². The molecule has 0 aromatic heterocycles. The molecule has 9 heteroatoms. The van der Waals surface area contributed by atoms with Gasteiger partial charge in [-0.1, -0.05) is 12.2 Å². The summed E-state index contributed by atoms with van der Waals surface area (Å²) in [5.74, 6) is 1.02. The first-order chi connectivity index (χ1) is 13.7. The Kier molecular flexibility index (Phi) is 7.86. The van der Waals surface area contributed by atoms with Crippen molar-refractivity contribution in [3.63, 3.8) is 0 Å². The Morgan fingerprint density at radius 1 is 1.17 bits per heavy atom. The highest BCUT2D eigenvalue weighted by Crippen LogP contribution is 2.29. The number of sulfonamides is 1. The lowest BCUT2D eigenvalue weighted by Crippen LogP contribution is -2.29. The molecule has 7 nitrogen and oxygen atoms in total. The summed E-state index contributed by atoms with van der Waals surface area (Å²) >= 11 is 5.22. The van der Waals surface area contributed by atoms with Gasteiger partial charge in [0.1, 0.15) is 11.5 Å². The number of ether oxygens (including phenoxy) is 2. The van der Waals surface area contributed by atoms with Gasteiger partial charge in [-0.25, -0.2) is 8.42 Å². The van der Waals surface area contributed by atoms with Crippen molar-refractivity contribution in [2.24, 2.45) is 0 Å². The molecule has 0 amide bonds. The molecule has 156 valence electrons. The first-order valence-corrected chi connectivity index (χ1v) is 10.8. The molecule has 3 N–H and O–H groups in total. The van der Waals surface area contributed by atoms with E-state index in [9.17, 15) is 8.42 Å². The molecule has 0 unspecified atom stereocenters. The molecule has 2 aromatic rings. The Balaban J connectivity index is 2.16. The van der Waals surface area contributed by atoms with E-state index in [4.69, 9.17) is 21.7 Å². The smallest absolute Gasteiger partial charge is 0.262 e. The van der Waals surface area contributed by atoms with Gasteiger partial charge in [0, 0.05) is 18.3 Å². The van der Waals surface area contributed by atoms with Crippen molar-refractivity contribution in [1.82, 2.24) is 5.32 Å². The highest BCUT2D eigenvalue weighted by molar-refractivity contribution is 7.92. The second-order valence-corrected chi connectivity index (χ2v) is 8.28. The van der Waals surface area contributed by atoms with Crippen molar-refractivity contribution in [2.75, 3.05) is 30.3 Å². The van der Waals surface area contributed by atoms with Gasteiger partial charge in [-0.05, 0) is 62.5 Å². The van der Waals surface area contributed by atoms with Crippen LogP contribution in [-0.2, 0) is 10.0 Å². The largest absolute Gasteiger partial charge is 0.495 e. The molecular weight excluding hydrogens is 410 g/mol. The zero-order valence-electron chi connectivity index (χ0n) is 16.6. The maximum atomic E-state index is 12.7. The number of hydrogen-bond donors (Lipinski definition) is 3. The van der Waals surface area contributed by atoms with Crippen molar-refractivity contribution < 1.29 is 17.9 Å². The molecule has 2 rings (SSSR count). The van der Waals surface area contributed by atoms with Crippen LogP contribution in [0, 0.1) is 0 Å². The summed E-state index contributed by atoms with van der Waals surface area (Å²) in [6, 6.07) is 11.2. The third kappa shape index (κ3) is 6.65. The summed E-state index contributed by atoms with van der Waals surface area (Å²) in [6.07, 6.45) is 0. The van der Waals surface area contributed by atoms with Gasteiger partial charge in [0.2, 0.25) is 0 Å². The van der Waals surface area contributed by atoms with Crippen molar-refractivity contribution in [1.29, 1.82) is 0 Å². The van der Waals surface area contributed by atoms with Crippen LogP contribution in [0.5, 0.6) is 11.5 Å². The fourth-order valence-corrected chi connectivity index (χ4v) is 3.60. The summed E-state index contributed by atoms with van der Waals surface area (Å²) < 4.78 is 38.7. The Morgan fingerprint density at radius 3 is 2.45 bits per heavy atom. The fraction of sp³-hybridized carbons (Fsp3) is 0.250. The average molecular weight is 436 g/mol. The summed E-state index contributed by atoms with van der Waals surface area (Å²) in [5, 5.41) is 6.37. The molecule has 0 spiro atoms. The van der Waals surface area contributed by atoms with Gasteiger partial charge in [-0.3, -0.25) is 4.72 Å². The van der Waals surface area contributed by atoms with Gasteiger partial charge in [0.05, 0.1) is 24.3 Å². The minimum Gasteiger partial charge on any atom is -0.495 e. The first kappa shape index (κ1) is 22.5. The molecular formula is C20H25N3O4S2. The lowest BCUT2D eigenvalue weighted by Gasteiger charge is -2.15. The molecule has 0 heterocycles. The maximum absolute atomic E-state index is 12.7. The fourth-order valence-electron chi connectivity index (χ4n) is 2.34. The molecule has 0 aliphatic carbocycles. The van der Waals surface area contributed by atoms with E-state index in [0.29, 0.717) is 41.1 Å². The molecule has 0 atom stereocenters. The van der Waals surface area contributed by atoms with Crippen molar-refractivity contribution in [2.45, 2.75) is 18.7 Å². The van der Waals surface area contributed by atoms with Gasteiger partial charge in [-0.15, -0.1) is 0 Å². The van der Waals surface area contributed by atoms with Crippen LogP contribution >= 0.6 is 12.2 Å². The summed E-state index contributed by atoms with van der Waals surface area (Å²) in [6.45, 7) is 8.64. The Hall–Kier alpha value is -2.78. The highest BCUT2D eigenvalue weighted by Gasteiger charge is 2.17. The predicted octanol–water partition coefficient (Wildman–Crippen LogP) is 3.76. The van der Waals surface area contributed by atoms with Gasteiger partial charge in [0.15, 0.2) is 5.11 Å². The number of anilines is 2. The van der Waals surface area contributed by atoms with Crippen LogP contribution in [0.4, 0.5) is 11.4 Å². The Morgan fingerprint density at radius 2 is 1.86 bits per heavy atom. The highest BCUT2D eigenvalue weighted by atomic mass is 32.2. The topological polar surface area (TPSA) is 88.7 Å². The normalized spacial score (nSPS) is 10.7. The number of thiocarbonyl (C=S) groups is 1. The van der Waals surface area contributed by atoms with Crippen LogP contribution in [-0.4, -0.2) is 33.8 Å². The van der Waals surface area contributed by atoms with Gasteiger partial charge in [-0.2, -0.15) is 0 Å².